The fourth-order valence-electron chi connectivity index (χ4n) is 1.87. The molecular weight excluding hydrogens is 276 g/mol. The molecule has 0 spiro atoms. The summed E-state index contributed by atoms with van der Waals surface area (Å²) in [4.78, 5) is 11.8. The molecule has 1 rings (SSSR count). The molecule has 1 aliphatic heterocycles. The van der Waals surface area contributed by atoms with Crippen molar-refractivity contribution in [2.45, 2.75) is 55.8 Å². The lowest BCUT2D eigenvalue weighted by Gasteiger charge is -2.36. The van der Waals surface area contributed by atoms with Gasteiger partial charge in [0.15, 0.2) is 5.78 Å². The van der Waals surface area contributed by atoms with Gasteiger partial charge in [0, 0.05) is 0 Å². The lowest BCUT2D eigenvalue weighted by Crippen LogP contribution is -2.59. The van der Waals surface area contributed by atoms with Crippen molar-refractivity contribution in [1.29, 1.82) is 0 Å². The SMILES string of the molecule is C[C@H](O)[C@@H](O)[C@@H](O)[C@H](O)C(=O)C1OC[C@@H](O)[C@@H](O)[C@@H]1O. The molecule has 1 unspecified atom stereocenters. The largest absolute Gasteiger partial charge is 0.391 e. The zero-order valence-electron chi connectivity index (χ0n) is 10.8. The van der Waals surface area contributed by atoms with Crippen molar-refractivity contribution in [3.8, 4) is 0 Å². The fourth-order valence-corrected chi connectivity index (χ4v) is 1.87. The van der Waals surface area contributed by atoms with Crippen LogP contribution < -0.4 is 0 Å². The number of hydrogen-bond donors (Lipinski definition) is 7. The van der Waals surface area contributed by atoms with Gasteiger partial charge in [-0.25, -0.2) is 0 Å². The van der Waals surface area contributed by atoms with E-state index >= 15 is 0 Å². The number of aliphatic hydroxyl groups excluding tert-OH is 7. The van der Waals surface area contributed by atoms with E-state index in [1.807, 2.05) is 0 Å². The molecule has 0 amide bonds. The average Bonchev–Trinajstić information content (AvgIpc) is 2.41. The van der Waals surface area contributed by atoms with Crippen molar-refractivity contribution in [3.63, 3.8) is 0 Å². The number of carbonyl (C=O) groups excluding carboxylic acids is 1. The van der Waals surface area contributed by atoms with Gasteiger partial charge in [-0.3, -0.25) is 4.79 Å². The van der Waals surface area contributed by atoms with Gasteiger partial charge >= 0.3 is 0 Å². The molecule has 0 aromatic rings. The van der Waals surface area contributed by atoms with Gasteiger partial charge in [-0.05, 0) is 6.92 Å². The van der Waals surface area contributed by atoms with Gasteiger partial charge in [-0.2, -0.15) is 0 Å². The van der Waals surface area contributed by atoms with Crippen molar-refractivity contribution in [3.05, 3.63) is 0 Å². The zero-order valence-corrected chi connectivity index (χ0v) is 10.8. The van der Waals surface area contributed by atoms with E-state index in [1.165, 1.54) is 0 Å². The molecule has 1 saturated heterocycles. The molecule has 0 saturated carbocycles. The minimum Gasteiger partial charge on any atom is -0.391 e. The van der Waals surface area contributed by atoms with E-state index in [4.69, 9.17) is 9.84 Å². The number of ketones is 1. The van der Waals surface area contributed by atoms with Gasteiger partial charge in [0.1, 0.15) is 42.7 Å². The van der Waals surface area contributed by atoms with E-state index in [0.717, 1.165) is 6.92 Å². The third-order valence-electron chi connectivity index (χ3n) is 3.24. The summed E-state index contributed by atoms with van der Waals surface area (Å²) >= 11 is 0. The predicted octanol–water partition coefficient (Wildman–Crippen LogP) is -4.50. The average molecular weight is 296 g/mol. The van der Waals surface area contributed by atoms with Crippen molar-refractivity contribution >= 4 is 5.78 Å². The number of hydrogen-bond acceptors (Lipinski definition) is 9. The van der Waals surface area contributed by atoms with Crippen LogP contribution in [0.15, 0.2) is 0 Å². The van der Waals surface area contributed by atoms with Crippen molar-refractivity contribution < 1.29 is 45.3 Å². The third-order valence-corrected chi connectivity index (χ3v) is 3.24. The van der Waals surface area contributed by atoms with Gasteiger partial charge in [-0.1, -0.05) is 0 Å². The van der Waals surface area contributed by atoms with Gasteiger partial charge < -0.3 is 40.5 Å². The number of aliphatic hydroxyl groups is 7. The molecule has 7 N–H and O–H groups in total. The molecule has 0 aromatic heterocycles. The van der Waals surface area contributed by atoms with Gasteiger partial charge in [0.2, 0.25) is 0 Å². The second-order valence-corrected chi connectivity index (χ2v) is 4.87. The molecule has 1 aliphatic rings. The Hall–Kier alpha value is -0.650. The van der Waals surface area contributed by atoms with Gasteiger partial charge in [0.25, 0.3) is 0 Å². The Morgan fingerprint density at radius 1 is 1.05 bits per heavy atom. The van der Waals surface area contributed by atoms with Crippen LogP contribution in [0, 0.1) is 0 Å². The zero-order chi connectivity index (χ0) is 15.6. The van der Waals surface area contributed by atoms with E-state index in [1.54, 1.807) is 0 Å². The van der Waals surface area contributed by atoms with Gasteiger partial charge in [-0.15, -0.1) is 0 Å². The first kappa shape index (κ1) is 17.4. The van der Waals surface area contributed by atoms with E-state index in [-0.39, 0.29) is 0 Å². The van der Waals surface area contributed by atoms with E-state index in [2.05, 4.69) is 0 Å². The van der Waals surface area contributed by atoms with Crippen LogP contribution in [0.25, 0.3) is 0 Å². The highest BCUT2D eigenvalue weighted by molar-refractivity contribution is 5.88. The highest BCUT2D eigenvalue weighted by Gasteiger charge is 2.45. The molecule has 1 fully saturated rings. The summed E-state index contributed by atoms with van der Waals surface area (Å²) in [5.41, 5.74) is 0. The lowest BCUT2D eigenvalue weighted by molar-refractivity contribution is -0.199. The van der Waals surface area contributed by atoms with Crippen molar-refractivity contribution in [2.75, 3.05) is 6.61 Å². The molecule has 0 bridgehead atoms. The smallest absolute Gasteiger partial charge is 0.195 e. The van der Waals surface area contributed by atoms with Crippen LogP contribution in [0.1, 0.15) is 6.92 Å². The molecule has 1 heterocycles. The molecular formula is C11H20O9. The molecule has 0 aromatic carbocycles. The van der Waals surface area contributed by atoms with Crippen LogP contribution in [-0.4, -0.2) is 97.0 Å². The Kier molecular flexibility index (Phi) is 5.98. The number of Topliss-reactive ketones (excluding diaryl/α,β-unsaturated/α-hetero) is 1. The molecule has 0 radical (unpaired) electrons. The van der Waals surface area contributed by atoms with Crippen LogP contribution in [0.5, 0.6) is 0 Å². The Bertz CT molecular complexity index is 334. The Balaban J connectivity index is 2.74. The number of ether oxygens (including phenoxy) is 1. The van der Waals surface area contributed by atoms with E-state index < -0.39 is 61.2 Å². The molecule has 0 aliphatic carbocycles. The first-order valence-electron chi connectivity index (χ1n) is 6.10. The summed E-state index contributed by atoms with van der Waals surface area (Å²) in [5.74, 6) is -1.17. The summed E-state index contributed by atoms with van der Waals surface area (Å²) in [6.45, 7) is 0.716. The maximum absolute atomic E-state index is 11.8. The molecule has 118 valence electrons. The van der Waals surface area contributed by atoms with Crippen LogP contribution in [0.3, 0.4) is 0 Å². The summed E-state index contributed by atoms with van der Waals surface area (Å²) in [6, 6.07) is 0. The maximum atomic E-state index is 11.8. The topological polar surface area (TPSA) is 168 Å². The normalized spacial score (nSPS) is 37.0. The Labute approximate surface area is 114 Å². The van der Waals surface area contributed by atoms with E-state index in [9.17, 15) is 35.4 Å². The summed E-state index contributed by atoms with van der Waals surface area (Å²) < 4.78 is 4.82. The minimum atomic E-state index is -2.12. The Morgan fingerprint density at radius 2 is 1.60 bits per heavy atom. The van der Waals surface area contributed by atoms with Crippen LogP contribution in [0.4, 0.5) is 0 Å². The minimum absolute atomic E-state index is 0.434. The maximum Gasteiger partial charge on any atom is 0.195 e. The number of carbonyl (C=O) groups is 1. The predicted molar refractivity (Wildman–Crippen MR) is 62.5 cm³/mol. The lowest BCUT2D eigenvalue weighted by atomic mass is 9.91. The molecule has 9 heteroatoms. The van der Waals surface area contributed by atoms with Crippen molar-refractivity contribution in [2.24, 2.45) is 0 Å². The first-order chi connectivity index (χ1) is 9.18. The van der Waals surface area contributed by atoms with E-state index in [0.29, 0.717) is 0 Å². The van der Waals surface area contributed by atoms with Crippen LogP contribution >= 0.6 is 0 Å². The monoisotopic (exact) mass is 296 g/mol. The quantitative estimate of drug-likeness (QED) is 0.264. The second-order valence-electron chi connectivity index (χ2n) is 4.87. The fraction of sp³-hybridized carbons (Fsp3) is 0.909. The molecule has 20 heavy (non-hydrogen) atoms. The molecule has 9 nitrogen and oxygen atoms in total. The van der Waals surface area contributed by atoms with Gasteiger partial charge in [0.05, 0.1) is 12.7 Å². The highest BCUT2D eigenvalue weighted by Crippen LogP contribution is 2.19. The summed E-state index contributed by atoms with van der Waals surface area (Å²) in [5, 5.41) is 65.8. The third kappa shape index (κ3) is 3.51. The van der Waals surface area contributed by atoms with Crippen LogP contribution in [-0.2, 0) is 9.53 Å². The first-order valence-corrected chi connectivity index (χ1v) is 6.10. The highest BCUT2D eigenvalue weighted by atomic mass is 16.5. The Morgan fingerprint density at radius 3 is 2.10 bits per heavy atom. The molecule has 8 atom stereocenters. The standard InChI is InChI=1S/C11H20O9/c1-3(12)5(14)7(16)8(17)10(19)11-9(18)6(15)4(13)2-20-11/h3-9,11-18H,2H2,1H3/t3-,4+,5+,6+,7+,8-,9-,11?/m0/s1. The number of rotatable bonds is 5. The van der Waals surface area contributed by atoms with Crippen LogP contribution in [0.2, 0.25) is 0 Å². The second kappa shape index (κ2) is 6.87. The summed E-state index contributed by atoms with van der Waals surface area (Å²) in [7, 11) is 0. The summed E-state index contributed by atoms with van der Waals surface area (Å²) in [6.07, 6.45) is -13.7. The van der Waals surface area contributed by atoms with Crippen molar-refractivity contribution in [1.82, 2.24) is 0 Å².